The smallest absolute Gasteiger partial charge is 0.321 e. The van der Waals surface area contributed by atoms with Crippen molar-refractivity contribution in [2.45, 2.75) is 38.3 Å². The van der Waals surface area contributed by atoms with Gasteiger partial charge in [0.05, 0.1) is 6.04 Å². The Morgan fingerprint density at radius 3 is 2.47 bits per heavy atom. The summed E-state index contributed by atoms with van der Waals surface area (Å²) >= 11 is 0. The lowest BCUT2D eigenvalue weighted by molar-refractivity contribution is -0.126. The minimum atomic E-state index is -0.144. The molecule has 5 rings (SSSR count). The summed E-state index contributed by atoms with van der Waals surface area (Å²) in [6.07, 6.45) is 3.11. The molecule has 0 bridgehead atoms. The van der Waals surface area contributed by atoms with Gasteiger partial charge in [-0.1, -0.05) is 30.3 Å². The van der Waals surface area contributed by atoms with Crippen molar-refractivity contribution >= 4 is 17.6 Å². The molecule has 2 aromatic rings. The van der Waals surface area contributed by atoms with Crippen LogP contribution in [-0.4, -0.2) is 60.0 Å². The minimum Gasteiger partial charge on any atom is -0.352 e. The Labute approximate surface area is 177 Å². The largest absolute Gasteiger partial charge is 0.352 e. The molecule has 2 aromatic carbocycles. The van der Waals surface area contributed by atoms with E-state index in [0.29, 0.717) is 32.2 Å². The number of rotatable bonds is 4. The number of nitrogens with zero attached hydrogens (tertiary/aromatic N) is 2. The zero-order valence-electron chi connectivity index (χ0n) is 17.4. The Hall–Kier alpha value is -2.86. The molecule has 156 valence electrons. The number of benzene rings is 2. The van der Waals surface area contributed by atoms with Crippen LogP contribution in [-0.2, 0) is 11.2 Å². The van der Waals surface area contributed by atoms with E-state index in [1.807, 2.05) is 17.9 Å². The Bertz CT molecular complexity index is 977. The van der Waals surface area contributed by atoms with Gasteiger partial charge in [0, 0.05) is 37.9 Å². The van der Waals surface area contributed by atoms with Gasteiger partial charge in [-0.15, -0.1) is 0 Å². The van der Waals surface area contributed by atoms with Crippen LogP contribution in [0.1, 0.15) is 30.9 Å². The number of fused-ring (bicyclic) bond motifs is 3. The van der Waals surface area contributed by atoms with Crippen LogP contribution in [0.4, 0.5) is 10.5 Å². The van der Waals surface area contributed by atoms with Crippen molar-refractivity contribution < 1.29 is 9.59 Å². The zero-order valence-corrected chi connectivity index (χ0v) is 17.4. The summed E-state index contributed by atoms with van der Waals surface area (Å²) in [6, 6.07) is 14.8. The van der Waals surface area contributed by atoms with Crippen LogP contribution in [0.3, 0.4) is 0 Å². The van der Waals surface area contributed by atoms with Gasteiger partial charge in [0.2, 0.25) is 5.91 Å². The first-order chi connectivity index (χ1) is 14.6. The molecular formula is C24H28N4O2. The van der Waals surface area contributed by atoms with E-state index in [1.54, 1.807) is 0 Å². The first kappa shape index (κ1) is 19.1. The maximum absolute atomic E-state index is 12.8. The number of urea groups is 1. The summed E-state index contributed by atoms with van der Waals surface area (Å²) in [4.78, 5) is 29.0. The van der Waals surface area contributed by atoms with Gasteiger partial charge in [0.25, 0.3) is 0 Å². The Morgan fingerprint density at radius 1 is 0.967 bits per heavy atom. The molecule has 3 aliphatic rings. The van der Waals surface area contributed by atoms with Crippen molar-refractivity contribution in [1.82, 2.24) is 15.1 Å². The standard InChI is InChI=1S/C24H28N4O2/c1-16(23(29)25-19-6-7-19)27-10-12-28(13-11-27)24(30)26-20-8-9-22-18(15-20)14-17-4-2-3-5-21(17)22/h2-5,8-9,15-16,19H,6-7,10-14H2,1H3,(H,25,29)(H,26,30). The van der Waals surface area contributed by atoms with Crippen molar-refractivity contribution in [1.29, 1.82) is 0 Å². The van der Waals surface area contributed by atoms with E-state index in [-0.39, 0.29) is 18.0 Å². The average Bonchev–Trinajstić information content (AvgIpc) is 3.50. The van der Waals surface area contributed by atoms with Crippen LogP contribution in [0.5, 0.6) is 0 Å². The predicted molar refractivity (Wildman–Crippen MR) is 117 cm³/mol. The molecule has 1 unspecified atom stereocenters. The first-order valence-electron chi connectivity index (χ1n) is 10.9. The normalized spacial score (nSPS) is 19.0. The van der Waals surface area contributed by atoms with Gasteiger partial charge in [-0.05, 0) is 60.6 Å². The van der Waals surface area contributed by atoms with Gasteiger partial charge in [-0.3, -0.25) is 9.69 Å². The van der Waals surface area contributed by atoms with Gasteiger partial charge in [0.15, 0.2) is 0 Å². The third kappa shape index (κ3) is 3.79. The molecule has 0 radical (unpaired) electrons. The Balaban J connectivity index is 1.16. The molecule has 0 aromatic heterocycles. The fourth-order valence-electron chi connectivity index (χ4n) is 4.45. The molecule has 6 nitrogen and oxygen atoms in total. The highest BCUT2D eigenvalue weighted by Crippen LogP contribution is 2.37. The number of piperazine rings is 1. The average molecular weight is 405 g/mol. The van der Waals surface area contributed by atoms with E-state index in [9.17, 15) is 9.59 Å². The third-order valence-electron chi connectivity index (χ3n) is 6.50. The van der Waals surface area contributed by atoms with Gasteiger partial charge in [-0.2, -0.15) is 0 Å². The highest BCUT2D eigenvalue weighted by atomic mass is 16.2. The van der Waals surface area contributed by atoms with Crippen LogP contribution in [0.2, 0.25) is 0 Å². The number of hydrogen-bond donors (Lipinski definition) is 2. The van der Waals surface area contributed by atoms with Crippen LogP contribution in [0.25, 0.3) is 11.1 Å². The first-order valence-corrected chi connectivity index (χ1v) is 10.9. The Morgan fingerprint density at radius 2 is 1.70 bits per heavy atom. The van der Waals surface area contributed by atoms with Gasteiger partial charge >= 0.3 is 6.03 Å². The monoisotopic (exact) mass is 404 g/mol. The van der Waals surface area contributed by atoms with Gasteiger partial charge in [0.1, 0.15) is 0 Å². The molecule has 3 amide bonds. The number of hydrogen-bond acceptors (Lipinski definition) is 3. The van der Waals surface area contributed by atoms with Crippen molar-refractivity contribution in [3.05, 3.63) is 53.6 Å². The van der Waals surface area contributed by atoms with Gasteiger partial charge < -0.3 is 15.5 Å². The van der Waals surface area contributed by atoms with E-state index < -0.39 is 0 Å². The summed E-state index contributed by atoms with van der Waals surface area (Å²) in [5, 5.41) is 6.13. The van der Waals surface area contributed by atoms with E-state index in [4.69, 9.17) is 0 Å². The van der Waals surface area contributed by atoms with Crippen LogP contribution < -0.4 is 10.6 Å². The summed E-state index contributed by atoms with van der Waals surface area (Å²) in [7, 11) is 0. The summed E-state index contributed by atoms with van der Waals surface area (Å²) in [5.74, 6) is 0.106. The second-order valence-corrected chi connectivity index (χ2v) is 8.62. The lowest BCUT2D eigenvalue weighted by atomic mass is 10.1. The number of carbonyl (C=O) groups is 2. The lowest BCUT2D eigenvalue weighted by Gasteiger charge is -2.37. The fraction of sp³-hybridized carbons (Fsp3) is 0.417. The second-order valence-electron chi connectivity index (χ2n) is 8.62. The molecule has 2 N–H and O–H groups in total. The number of nitrogens with one attached hydrogen (secondary N) is 2. The lowest BCUT2D eigenvalue weighted by Crippen LogP contribution is -2.55. The summed E-state index contributed by atoms with van der Waals surface area (Å²) in [5.41, 5.74) is 5.99. The fourth-order valence-corrected chi connectivity index (χ4v) is 4.45. The van der Waals surface area contributed by atoms with Crippen molar-refractivity contribution in [2.24, 2.45) is 0 Å². The molecule has 0 spiro atoms. The molecule has 1 saturated heterocycles. The molecule has 1 atom stereocenters. The summed E-state index contributed by atoms with van der Waals surface area (Å²) < 4.78 is 0. The molecule has 1 aliphatic heterocycles. The van der Waals surface area contributed by atoms with Crippen molar-refractivity contribution in [2.75, 3.05) is 31.5 Å². The van der Waals surface area contributed by atoms with E-state index in [1.165, 1.54) is 22.3 Å². The Kier molecular flexibility index (Phi) is 4.95. The number of amides is 3. The molecule has 2 fully saturated rings. The molecule has 30 heavy (non-hydrogen) atoms. The molecule has 1 heterocycles. The molecule has 6 heteroatoms. The number of carbonyl (C=O) groups excluding carboxylic acids is 2. The van der Waals surface area contributed by atoms with Gasteiger partial charge in [-0.25, -0.2) is 4.79 Å². The van der Waals surface area contributed by atoms with Crippen LogP contribution in [0, 0.1) is 0 Å². The topological polar surface area (TPSA) is 64.7 Å². The summed E-state index contributed by atoms with van der Waals surface area (Å²) in [6.45, 7) is 4.64. The third-order valence-corrected chi connectivity index (χ3v) is 6.50. The quantitative estimate of drug-likeness (QED) is 0.702. The number of anilines is 1. The van der Waals surface area contributed by atoms with Crippen molar-refractivity contribution in [3.8, 4) is 11.1 Å². The zero-order chi connectivity index (χ0) is 20.7. The highest BCUT2D eigenvalue weighted by molar-refractivity contribution is 5.90. The van der Waals surface area contributed by atoms with E-state index in [0.717, 1.165) is 24.9 Å². The van der Waals surface area contributed by atoms with Crippen LogP contribution >= 0.6 is 0 Å². The molecule has 2 aliphatic carbocycles. The molecule has 1 saturated carbocycles. The second kappa shape index (κ2) is 7.76. The minimum absolute atomic E-state index is 0.0693. The SMILES string of the molecule is CC(C(=O)NC1CC1)N1CCN(C(=O)Nc2ccc3c(c2)Cc2ccccc2-3)CC1. The van der Waals surface area contributed by atoms with Crippen LogP contribution in [0.15, 0.2) is 42.5 Å². The highest BCUT2D eigenvalue weighted by Gasteiger charge is 2.31. The maximum Gasteiger partial charge on any atom is 0.321 e. The maximum atomic E-state index is 12.8. The van der Waals surface area contributed by atoms with Crippen molar-refractivity contribution in [3.63, 3.8) is 0 Å². The van der Waals surface area contributed by atoms with E-state index in [2.05, 4.69) is 51.9 Å². The molecular weight excluding hydrogens is 376 g/mol. The predicted octanol–water partition coefficient (Wildman–Crippen LogP) is 3.07. The van der Waals surface area contributed by atoms with E-state index >= 15 is 0 Å².